The molecule has 1 atom stereocenters. The van der Waals surface area contributed by atoms with Gasteiger partial charge in [0.2, 0.25) is 0 Å². The first-order valence-electron chi connectivity index (χ1n) is 8.52. The molecule has 0 radical (unpaired) electrons. The SMILES string of the molecule is C[C@@H]1CCc2sc(C(=O)OCC(=O)NC3(C#N)CCCC3)cc2C1. The maximum Gasteiger partial charge on any atom is 0.348 e. The molecule has 5 nitrogen and oxygen atoms in total. The molecule has 0 aliphatic heterocycles. The molecule has 1 amide bonds. The van der Waals surface area contributed by atoms with Crippen molar-refractivity contribution in [2.45, 2.75) is 57.4 Å². The van der Waals surface area contributed by atoms with Crippen molar-refractivity contribution in [1.82, 2.24) is 5.32 Å². The van der Waals surface area contributed by atoms with Gasteiger partial charge in [0.25, 0.3) is 5.91 Å². The second kappa shape index (κ2) is 6.94. The molecule has 0 aromatic carbocycles. The molecule has 0 saturated heterocycles. The number of rotatable bonds is 4. The van der Waals surface area contributed by atoms with Crippen LogP contribution in [0.2, 0.25) is 0 Å². The summed E-state index contributed by atoms with van der Waals surface area (Å²) >= 11 is 1.48. The van der Waals surface area contributed by atoms with Crippen molar-refractivity contribution in [2.75, 3.05) is 6.61 Å². The van der Waals surface area contributed by atoms with Crippen molar-refractivity contribution in [1.29, 1.82) is 5.26 Å². The van der Waals surface area contributed by atoms with E-state index < -0.39 is 17.4 Å². The monoisotopic (exact) mass is 346 g/mol. The zero-order chi connectivity index (χ0) is 17.2. The van der Waals surface area contributed by atoms with Crippen LogP contribution in [0.3, 0.4) is 0 Å². The molecule has 1 fully saturated rings. The minimum Gasteiger partial charge on any atom is -0.451 e. The van der Waals surface area contributed by atoms with Crippen molar-refractivity contribution in [2.24, 2.45) is 5.92 Å². The van der Waals surface area contributed by atoms with Gasteiger partial charge in [-0.15, -0.1) is 11.3 Å². The Morgan fingerprint density at radius 3 is 2.92 bits per heavy atom. The molecule has 24 heavy (non-hydrogen) atoms. The Morgan fingerprint density at radius 2 is 2.21 bits per heavy atom. The highest BCUT2D eigenvalue weighted by molar-refractivity contribution is 7.14. The minimum absolute atomic E-state index is 0.332. The smallest absolute Gasteiger partial charge is 0.348 e. The van der Waals surface area contributed by atoms with E-state index in [2.05, 4.69) is 18.3 Å². The third kappa shape index (κ3) is 3.62. The van der Waals surface area contributed by atoms with Crippen molar-refractivity contribution < 1.29 is 14.3 Å². The second-order valence-corrected chi connectivity index (χ2v) is 8.07. The topological polar surface area (TPSA) is 79.2 Å². The van der Waals surface area contributed by atoms with Gasteiger partial charge in [-0.2, -0.15) is 5.26 Å². The Hall–Kier alpha value is -1.87. The predicted octanol–water partition coefficient (Wildman–Crippen LogP) is 2.98. The van der Waals surface area contributed by atoms with E-state index in [-0.39, 0.29) is 6.61 Å². The zero-order valence-electron chi connectivity index (χ0n) is 13.9. The number of hydrogen-bond donors (Lipinski definition) is 1. The summed E-state index contributed by atoms with van der Waals surface area (Å²) in [6.45, 7) is 1.89. The molecule has 0 spiro atoms. The molecule has 128 valence electrons. The summed E-state index contributed by atoms with van der Waals surface area (Å²) < 4.78 is 5.14. The Kier molecular flexibility index (Phi) is 4.91. The van der Waals surface area contributed by atoms with Gasteiger partial charge in [-0.05, 0) is 62.5 Å². The van der Waals surface area contributed by atoms with Crippen LogP contribution < -0.4 is 5.32 Å². The number of fused-ring (bicyclic) bond motifs is 1. The third-order valence-corrected chi connectivity index (χ3v) is 6.13. The van der Waals surface area contributed by atoms with E-state index in [0.29, 0.717) is 23.6 Å². The highest BCUT2D eigenvalue weighted by atomic mass is 32.1. The van der Waals surface area contributed by atoms with Crippen molar-refractivity contribution >= 4 is 23.2 Å². The van der Waals surface area contributed by atoms with Crippen LogP contribution in [0, 0.1) is 17.2 Å². The molecule has 2 aliphatic rings. The van der Waals surface area contributed by atoms with Crippen LogP contribution in [0.25, 0.3) is 0 Å². The van der Waals surface area contributed by atoms with Crippen molar-refractivity contribution in [3.63, 3.8) is 0 Å². The Morgan fingerprint density at radius 1 is 1.46 bits per heavy atom. The largest absolute Gasteiger partial charge is 0.451 e. The van der Waals surface area contributed by atoms with Gasteiger partial charge < -0.3 is 10.1 Å². The van der Waals surface area contributed by atoms with Crippen LogP contribution in [-0.2, 0) is 22.4 Å². The summed E-state index contributed by atoms with van der Waals surface area (Å²) in [5, 5.41) is 12.0. The molecule has 2 aliphatic carbocycles. The Labute approximate surface area is 146 Å². The molecule has 0 bridgehead atoms. The summed E-state index contributed by atoms with van der Waals surface area (Å²) in [7, 11) is 0. The number of nitrogens with zero attached hydrogens (tertiary/aromatic N) is 1. The zero-order valence-corrected chi connectivity index (χ0v) is 14.7. The van der Waals surface area contributed by atoms with Crippen LogP contribution in [0.15, 0.2) is 6.07 Å². The first-order valence-corrected chi connectivity index (χ1v) is 9.34. The predicted molar refractivity (Wildman–Crippen MR) is 90.7 cm³/mol. The van der Waals surface area contributed by atoms with Gasteiger partial charge in [0.05, 0.1) is 6.07 Å². The van der Waals surface area contributed by atoms with E-state index >= 15 is 0 Å². The van der Waals surface area contributed by atoms with E-state index in [1.807, 2.05) is 6.07 Å². The molecule has 3 rings (SSSR count). The minimum atomic E-state index is -0.776. The number of hydrogen-bond acceptors (Lipinski definition) is 5. The maximum absolute atomic E-state index is 12.2. The lowest BCUT2D eigenvalue weighted by Crippen LogP contribution is -2.46. The second-order valence-electron chi connectivity index (χ2n) is 6.93. The lowest BCUT2D eigenvalue weighted by Gasteiger charge is -2.21. The van der Waals surface area contributed by atoms with Crippen LogP contribution in [0.1, 0.15) is 59.1 Å². The number of thiophene rings is 1. The van der Waals surface area contributed by atoms with Crippen LogP contribution in [0.5, 0.6) is 0 Å². The van der Waals surface area contributed by atoms with Gasteiger partial charge in [-0.3, -0.25) is 4.79 Å². The number of carbonyl (C=O) groups is 2. The van der Waals surface area contributed by atoms with Crippen LogP contribution >= 0.6 is 11.3 Å². The molecule has 1 aromatic rings. The van der Waals surface area contributed by atoms with Crippen LogP contribution in [0.4, 0.5) is 0 Å². The fraction of sp³-hybridized carbons (Fsp3) is 0.611. The fourth-order valence-corrected chi connectivity index (χ4v) is 4.66. The lowest BCUT2D eigenvalue weighted by molar-refractivity contribution is -0.125. The number of aryl methyl sites for hydroxylation is 1. The highest BCUT2D eigenvalue weighted by Gasteiger charge is 2.35. The Bertz CT molecular complexity index is 683. The Balaban J connectivity index is 1.54. The first kappa shape index (κ1) is 17.0. The van der Waals surface area contributed by atoms with Gasteiger partial charge in [-0.25, -0.2) is 4.79 Å². The van der Waals surface area contributed by atoms with Gasteiger partial charge in [0.15, 0.2) is 6.61 Å². The summed E-state index contributed by atoms with van der Waals surface area (Å²) in [6, 6.07) is 4.10. The summed E-state index contributed by atoms with van der Waals surface area (Å²) in [6.07, 6.45) is 6.38. The number of nitrogens with one attached hydrogen (secondary N) is 1. The molecule has 1 heterocycles. The van der Waals surface area contributed by atoms with Gasteiger partial charge >= 0.3 is 5.97 Å². The first-order chi connectivity index (χ1) is 11.5. The summed E-state index contributed by atoms with van der Waals surface area (Å²) in [4.78, 5) is 26.0. The number of esters is 1. The maximum atomic E-state index is 12.2. The molecule has 6 heteroatoms. The molecule has 1 N–H and O–H groups in total. The van der Waals surface area contributed by atoms with Crippen molar-refractivity contribution in [3.05, 3.63) is 21.4 Å². The third-order valence-electron chi connectivity index (χ3n) is 4.91. The fourth-order valence-electron chi connectivity index (χ4n) is 3.55. The lowest BCUT2D eigenvalue weighted by atomic mass is 9.90. The number of ether oxygens (including phenoxy) is 1. The van der Waals surface area contributed by atoms with E-state index in [9.17, 15) is 14.9 Å². The van der Waals surface area contributed by atoms with Gasteiger partial charge in [-0.1, -0.05) is 6.92 Å². The summed E-state index contributed by atoms with van der Waals surface area (Å²) in [5.41, 5.74) is 0.464. The van der Waals surface area contributed by atoms with Crippen LogP contribution in [-0.4, -0.2) is 24.0 Å². The van der Waals surface area contributed by atoms with E-state index in [0.717, 1.165) is 32.1 Å². The summed E-state index contributed by atoms with van der Waals surface area (Å²) in [5.74, 6) is -0.202. The normalized spacial score (nSPS) is 21.6. The molecule has 1 aromatic heterocycles. The number of amides is 1. The molecular formula is C18H22N2O3S. The van der Waals surface area contributed by atoms with Gasteiger partial charge in [0.1, 0.15) is 10.4 Å². The number of nitriles is 1. The average molecular weight is 346 g/mol. The van der Waals surface area contributed by atoms with E-state index in [4.69, 9.17) is 4.74 Å². The van der Waals surface area contributed by atoms with E-state index in [1.54, 1.807) is 0 Å². The number of carbonyl (C=O) groups excluding carboxylic acids is 2. The van der Waals surface area contributed by atoms with Crippen molar-refractivity contribution in [3.8, 4) is 6.07 Å². The average Bonchev–Trinajstić information content (AvgIpc) is 3.19. The highest BCUT2D eigenvalue weighted by Crippen LogP contribution is 2.32. The van der Waals surface area contributed by atoms with Gasteiger partial charge in [0, 0.05) is 4.88 Å². The quantitative estimate of drug-likeness (QED) is 0.850. The molecule has 1 saturated carbocycles. The molecule has 0 unspecified atom stereocenters. The standard InChI is InChI=1S/C18H22N2O3S/c1-12-4-5-14-13(8-12)9-15(24-14)17(22)23-10-16(21)20-18(11-19)6-2-3-7-18/h9,12H,2-8,10H2,1H3,(H,20,21)/t12-/m1/s1. The molecular weight excluding hydrogens is 324 g/mol. The van der Waals surface area contributed by atoms with E-state index in [1.165, 1.54) is 21.8 Å².